The molecule has 1 saturated heterocycles. The van der Waals surface area contributed by atoms with Crippen molar-refractivity contribution in [1.82, 2.24) is 9.91 Å². The third-order valence-corrected chi connectivity index (χ3v) is 6.88. The van der Waals surface area contributed by atoms with Crippen LogP contribution >= 0.6 is 11.8 Å². The second-order valence-corrected chi connectivity index (χ2v) is 9.44. The Labute approximate surface area is 208 Å². The maximum Gasteiger partial charge on any atom is 0.283 e. The number of carbonyl (C=O) groups excluding carboxylic acids is 1. The van der Waals surface area contributed by atoms with E-state index in [-0.39, 0.29) is 11.4 Å². The number of hydrogen-bond acceptors (Lipinski definition) is 7. The Morgan fingerprint density at radius 2 is 1.83 bits per heavy atom. The molecule has 0 bridgehead atoms. The van der Waals surface area contributed by atoms with Crippen LogP contribution in [0.2, 0.25) is 0 Å². The summed E-state index contributed by atoms with van der Waals surface area (Å²) in [4.78, 5) is 19.2. The van der Waals surface area contributed by atoms with Gasteiger partial charge in [-0.3, -0.25) is 10.2 Å². The van der Waals surface area contributed by atoms with Gasteiger partial charge >= 0.3 is 0 Å². The zero-order chi connectivity index (χ0) is 24.4. The number of nitrogens with zero attached hydrogens (tertiary/aromatic N) is 4. The molecule has 0 unspecified atom stereocenters. The number of thioether (sulfide) groups is 1. The molecule has 3 aliphatic heterocycles. The van der Waals surface area contributed by atoms with E-state index in [0.717, 1.165) is 42.2 Å². The molecule has 1 amide bonds. The van der Waals surface area contributed by atoms with Crippen LogP contribution in [0.4, 0.5) is 0 Å². The first-order valence-electron chi connectivity index (χ1n) is 11.7. The molecule has 2 aromatic carbocycles. The van der Waals surface area contributed by atoms with Crippen LogP contribution in [0, 0.1) is 12.3 Å². The Balaban J connectivity index is 1.36. The normalized spacial score (nSPS) is 18.6. The van der Waals surface area contributed by atoms with E-state index in [1.165, 1.54) is 22.3 Å². The molecule has 0 radical (unpaired) electrons. The molecular weight excluding hydrogens is 462 g/mol. The van der Waals surface area contributed by atoms with E-state index in [2.05, 4.69) is 34.1 Å². The summed E-state index contributed by atoms with van der Waals surface area (Å²) in [5.41, 5.74) is 3.18. The maximum atomic E-state index is 12.8. The number of ether oxygens (including phenoxy) is 2. The number of hydrogen-bond donors (Lipinski definition) is 1. The molecule has 0 saturated carbocycles. The molecule has 0 spiro atoms. The number of amidine groups is 3. The molecule has 2 aromatic rings. The highest BCUT2D eigenvalue weighted by Crippen LogP contribution is 2.33. The molecule has 180 valence electrons. The second kappa shape index (κ2) is 9.95. The van der Waals surface area contributed by atoms with Gasteiger partial charge in [0.15, 0.2) is 22.5 Å². The maximum absolute atomic E-state index is 12.8. The van der Waals surface area contributed by atoms with Crippen LogP contribution in [0.25, 0.3) is 6.08 Å². The Morgan fingerprint density at radius 3 is 2.57 bits per heavy atom. The van der Waals surface area contributed by atoms with Crippen molar-refractivity contribution in [3.63, 3.8) is 0 Å². The number of fused-ring (bicyclic) bond motifs is 1. The average Bonchev–Trinajstić information content (AvgIpc) is 3.53. The fourth-order valence-electron chi connectivity index (χ4n) is 4.03. The highest BCUT2D eigenvalue weighted by atomic mass is 32.2. The first kappa shape index (κ1) is 23.2. The summed E-state index contributed by atoms with van der Waals surface area (Å²) in [6.45, 7) is 6.74. The van der Waals surface area contributed by atoms with Gasteiger partial charge in [-0.05, 0) is 67.8 Å². The monoisotopic (exact) mass is 489 g/mol. The van der Waals surface area contributed by atoms with E-state index in [0.29, 0.717) is 29.9 Å². The Bertz CT molecular complexity index is 1250. The summed E-state index contributed by atoms with van der Waals surface area (Å²) in [7, 11) is 0. The van der Waals surface area contributed by atoms with Crippen molar-refractivity contribution >= 4 is 39.9 Å². The molecule has 35 heavy (non-hydrogen) atoms. The lowest BCUT2D eigenvalue weighted by Gasteiger charge is -2.20. The van der Waals surface area contributed by atoms with Crippen molar-refractivity contribution in [2.24, 2.45) is 10.1 Å². The predicted molar refractivity (Wildman–Crippen MR) is 139 cm³/mol. The largest absolute Gasteiger partial charge is 0.490 e. The fraction of sp³-hybridized carbons (Fsp3) is 0.308. The van der Waals surface area contributed by atoms with Crippen LogP contribution in [0.1, 0.15) is 36.5 Å². The van der Waals surface area contributed by atoms with Gasteiger partial charge in [0, 0.05) is 13.1 Å². The number of hydrazone groups is 1. The number of carbonyl (C=O) groups is 1. The standard InChI is InChI=1S/C26H27N5O3S/c1-3-33-22-15-19(10-11-21(22)34-16-18-8-6-17(2)7-9-18)14-20-23(27)31-25(28-24(20)32)35-26(29-31)30-12-4-5-13-30/h6-11,14-15,27H,3-5,12-13,16H2,1-2H3/b20-14+,27-23?. The number of benzene rings is 2. The Morgan fingerprint density at radius 1 is 1.06 bits per heavy atom. The topological polar surface area (TPSA) is 90.6 Å². The SMILES string of the molecule is CCOc1cc(/C=C2\C(=N)N3N=C(N4CCCC4)SC3=NC2=O)ccc1OCc1ccc(C)cc1. The van der Waals surface area contributed by atoms with Crippen molar-refractivity contribution in [1.29, 1.82) is 5.41 Å². The summed E-state index contributed by atoms with van der Waals surface area (Å²) in [5, 5.41) is 15.9. The molecule has 3 heterocycles. The Kier molecular flexibility index (Phi) is 6.59. The van der Waals surface area contributed by atoms with Gasteiger partial charge in [0.1, 0.15) is 6.61 Å². The van der Waals surface area contributed by atoms with E-state index >= 15 is 0 Å². The van der Waals surface area contributed by atoms with Gasteiger partial charge in [0.25, 0.3) is 5.91 Å². The molecule has 1 N–H and O–H groups in total. The van der Waals surface area contributed by atoms with E-state index in [1.54, 1.807) is 6.08 Å². The van der Waals surface area contributed by atoms with Gasteiger partial charge in [0.2, 0.25) is 5.17 Å². The van der Waals surface area contributed by atoms with Gasteiger partial charge in [-0.1, -0.05) is 35.9 Å². The minimum atomic E-state index is -0.440. The highest BCUT2D eigenvalue weighted by Gasteiger charge is 2.37. The molecule has 5 rings (SSSR count). The van der Waals surface area contributed by atoms with Crippen LogP contribution < -0.4 is 9.47 Å². The number of aryl methyl sites for hydroxylation is 1. The van der Waals surface area contributed by atoms with Gasteiger partial charge in [-0.2, -0.15) is 10.0 Å². The number of nitrogens with one attached hydrogen (secondary N) is 1. The fourth-order valence-corrected chi connectivity index (χ4v) is 4.98. The second-order valence-electron chi connectivity index (χ2n) is 8.51. The summed E-state index contributed by atoms with van der Waals surface area (Å²) >= 11 is 1.35. The van der Waals surface area contributed by atoms with Gasteiger partial charge in [-0.25, -0.2) is 0 Å². The zero-order valence-corrected chi connectivity index (χ0v) is 20.6. The van der Waals surface area contributed by atoms with Gasteiger partial charge in [-0.15, -0.1) is 5.10 Å². The third kappa shape index (κ3) is 4.95. The lowest BCUT2D eigenvalue weighted by Crippen LogP contribution is -2.35. The highest BCUT2D eigenvalue weighted by molar-refractivity contribution is 8.26. The minimum Gasteiger partial charge on any atom is -0.490 e. The van der Waals surface area contributed by atoms with Crippen molar-refractivity contribution in [2.75, 3.05) is 19.7 Å². The van der Waals surface area contributed by atoms with Crippen molar-refractivity contribution < 1.29 is 14.3 Å². The smallest absolute Gasteiger partial charge is 0.283 e. The number of rotatable bonds is 6. The van der Waals surface area contributed by atoms with Crippen LogP contribution in [-0.4, -0.2) is 51.7 Å². The van der Waals surface area contributed by atoms with Crippen LogP contribution in [-0.2, 0) is 11.4 Å². The van der Waals surface area contributed by atoms with E-state index in [4.69, 9.17) is 14.9 Å². The lowest BCUT2D eigenvalue weighted by atomic mass is 10.1. The van der Waals surface area contributed by atoms with E-state index < -0.39 is 5.91 Å². The molecule has 1 fully saturated rings. The first-order chi connectivity index (χ1) is 17.0. The van der Waals surface area contributed by atoms with E-state index in [9.17, 15) is 4.79 Å². The van der Waals surface area contributed by atoms with Crippen molar-refractivity contribution in [3.05, 3.63) is 64.7 Å². The molecule has 0 atom stereocenters. The van der Waals surface area contributed by atoms with Crippen LogP contribution in [0.15, 0.2) is 58.1 Å². The third-order valence-electron chi connectivity index (χ3n) is 5.91. The van der Waals surface area contributed by atoms with E-state index in [1.807, 2.05) is 37.3 Å². The summed E-state index contributed by atoms with van der Waals surface area (Å²) < 4.78 is 11.8. The number of amides is 1. The molecule has 9 heteroatoms. The molecule has 3 aliphatic rings. The molecule has 0 aromatic heterocycles. The van der Waals surface area contributed by atoms with Crippen molar-refractivity contribution in [3.8, 4) is 11.5 Å². The minimum absolute atomic E-state index is 0.0272. The first-order valence-corrected chi connectivity index (χ1v) is 12.5. The van der Waals surface area contributed by atoms with Crippen LogP contribution in [0.5, 0.6) is 11.5 Å². The predicted octanol–water partition coefficient (Wildman–Crippen LogP) is 4.65. The molecular formula is C26H27N5O3S. The van der Waals surface area contributed by atoms with Crippen molar-refractivity contribution in [2.45, 2.75) is 33.3 Å². The molecule has 8 nitrogen and oxygen atoms in total. The molecule has 0 aliphatic carbocycles. The summed E-state index contributed by atoms with van der Waals surface area (Å²) in [5.74, 6) is 0.790. The Hall–Kier alpha value is -3.59. The van der Waals surface area contributed by atoms with Gasteiger partial charge in [0.05, 0.1) is 12.2 Å². The summed E-state index contributed by atoms with van der Waals surface area (Å²) in [6, 6.07) is 13.7. The van der Waals surface area contributed by atoms with Crippen LogP contribution in [0.3, 0.4) is 0 Å². The lowest BCUT2D eigenvalue weighted by molar-refractivity contribution is -0.114. The quantitative estimate of drug-likeness (QED) is 0.595. The van der Waals surface area contributed by atoms with Gasteiger partial charge < -0.3 is 14.4 Å². The average molecular weight is 490 g/mol. The summed E-state index contributed by atoms with van der Waals surface area (Å²) in [6.07, 6.45) is 3.91. The number of aliphatic imine (C=N–C) groups is 1. The number of likely N-dealkylation sites (tertiary alicyclic amines) is 1. The zero-order valence-electron chi connectivity index (χ0n) is 19.8.